The molecule has 7 heteroatoms. The molecule has 2 aromatic carbocycles. The minimum atomic E-state index is -3.15. The topological polar surface area (TPSA) is 82.0 Å². The Balaban J connectivity index is 1.91. The number of carbonyl (C=O) groups excluding carboxylic acids is 1. The Bertz CT molecular complexity index is 874. The van der Waals surface area contributed by atoms with Crippen molar-refractivity contribution < 1.29 is 18.6 Å². The summed E-state index contributed by atoms with van der Waals surface area (Å²) >= 11 is 0. The minimum absolute atomic E-state index is 0.159. The Kier molecular flexibility index (Phi) is 7.41. The van der Waals surface area contributed by atoms with E-state index < -0.39 is 10.8 Å². The van der Waals surface area contributed by atoms with Gasteiger partial charge in [0.2, 0.25) is 0 Å². The highest BCUT2D eigenvalue weighted by molar-refractivity contribution is 8.25. The summed E-state index contributed by atoms with van der Waals surface area (Å²) in [4.78, 5) is 12.2. The zero-order valence-corrected chi connectivity index (χ0v) is 18.7. The first kappa shape index (κ1) is 22.6. The maximum atomic E-state index is 11.7. The van der Waals surface area contributed by atoms with Crippen molar-refractivity contribution in [2.24, 2.45) is 0 Å². The lowest BCUT2D eigenvalue weighted by molar-refractivity contribution is -0.143. The van der Waals surface area contributed by atoms with Crippen molar-refractivity contribution in [2.75, 3.05) is 18.0 Å². The first-order valence-electron chi connectivity index (χ1n) is 10.5. The second-order valence-corrected chi connectivity index (χ2v) is 9.54. The summed E-state index contributed by atoms with van der Waals surface area (Å²) in [5, 5.41) is 3.73. The fourth-order valence-corrected chi connectivity index (χ4v) is 5.48. The maximum absolute atomic E-state index is 11.7. The van der Waals surface area contributed by atoms with Crippen molar-refractivity contribution in [1.29, 1.82) is 0 Å². The molecule has 0 spiro atoms. The molecule has 3 rings (SSSR count). The molecule has 30 heavy (non-hydrogen) atoms. The number of fused-ring (bicyclic) bond motifs is 2. The number of nitrogens with one attached hydrogen (secondary N) is 1. The van der Waals surface area contributed by atoms with Gasteiger partial charge in [-0.05, 0) is 49.4 Å². The second kappa shape index (κ2) is 9.83. The van der Waals surface area contributed by atoms with E-state index in [-0.39, 0.29) is 18.1 Å². The maximum Gasteiger partial charge on any atom is 0.305 e. The van der Waals surface area contributed by atoms with Crippen LogP contribution < -0.4 is 9.62 Å². The number of nitrogens with zero attached hydrogens (tertiary/aromatic N) is 1. The van der Waals surface area contributed by atoms with E-state index in [0.29, 0.717) is 17.9 Å². The molecule has 1 aliphatic rings. The summed E-state index contributed by atoms with van der Waals surface area (Å²) in [5.41, 5.74) is 2.68. The number of ether oxygens (including phenoxy) is 1. The molecule has 2 aromatic rings. The normalized spacial score (nSPS) is 19.2. The highest BCUT2D eigenvalue weighted by Crippen LogP contribution is 2.58. The largest absolute Gasteiger partial charge is 0.466 e. The van der Waals surface area contributed by atoms with Crippen LogP contribution >= 0.6 is 10.8 Å². The van der Waals surface area contributed by atoms with Gasteiger partial charge in [0.05, 0.1) is 23.2 Å². The van der Waals surface area contributed by atoms with Gasteiger partial charge in [-0.3, -0.25) is 18.2 Å². The van der Waals surface area contributed by atoms with E-state index in [4.69, 9.17) is 4.74 Å². The van der Waals surface area contributed by atoms with Crippen molar-refractivity contribution in [3.63, 3.8) is 0 Å². The summed E-state index contributed by atoms with van der Waals surface area (Å²) in [7, 11) is -1.42. The molecular formula is C23H32N2O4S. The monoisotopic (exact) mass is 432 g/mol. The van der Waals surface area contributed by atoms with Crippen molar-refractivity contribution in [3.8, 4) is 0 Å². The Morgan fingerprint density at radius 3 is 2.50 bits per heavy atom. The third-order valence-electron chi connectivity index (χ3n) is 5.63. The molecule has 1 heterocycles. The van der Waals surface area contributed by atoms with Crippen molar-refractivity contribution in [3.05, 3.63) is 59.7 Å². The summed E-state index contributed by atoms with van der Waals surface area (Å²) < 4.78 is 28.8. The molecule has 3 N–H and O–H groups in total. The Morgan fingerprint density at radius 2 is 1.80 bits per heavy atom. The zero-order valence-electron chi connectivity index (χ0n) is 17.9. The number of hydrogen-bond donors (Lipinski definition) is 3. The van der Waals surface area contributed by atoms with Gasteiger partial charge in [0, 0.05) is 19.5 Å². The number of anilines is 1. The molecule has 1 aliphatic heterocycles. The number of para-hydroxylation sites is 1. The van der Waals surface area contributed by atoms with Crippen molar-refractivity contribution in [1.82, 2.24) is 5.32 Å². The molecule has 0 aliphatic carbocycles. The molecule has 0 saturated carbocycles. The lowest BCUT2D eigenvalue weighted by Gasteiger charge is -2.41. The molecule has 0 aromatic heterocycles. The van der Waals surface area contributed by atoms with Crippen molar-refractivity contribution in [2.45, 2.75) is 56.5 Å². The molecule has 6 nitrogen and oxygen atoms in total. The van der Waals surface area contributed by atoms with Gasteiger partial charge in [0.15, 0.2) is 0 Å². The van der Waals surface area contributed by atoms with E-state index in [1.54, 1.807) is 17.4 Å². The van der Waals surface area contributed by atoms with Gasteiger partial charge in [0.25, 0.3) is 0 Å². The van der Waals surface area contributed by atoms with Crippen LogP contribution in [0.25, 0.3) is 0 Å². The standard InChI is InChI=1S/C23H32N2O4S/c1-4-17(11-10-16-22(26)29-5-2)24-23-18-12-6-8-14-20(18)25(3)30(27,28)21-15-9-7-13-19(21)23/h6-9,12-15,17,23-24,27-28H,4-5,10-11,16H2,1-3H3. The van der Waals surface area contributed by atoms with Crippen LogP contribution in [-0.2, 0) is 9.53 Å². The molecule has 0 fully saturated rings. The third-order valence-corrected chi connectivity index (χ3v) is 7.55. The first-order chi connectivity index (χ1) is 14.4. The van der Waals surface area contributed by atoms with Crippen LogP contribution in [0.3, 0.4) is 0 Å². The van der Waals surface area contributed by atoms with Gasteiger partial charge in [-0.2, -0.15) is 0 Å². The number of rotatable bonds is 8. The Hall–Kier alpha value is -2.06. The molecule has 2 unspecified atom stereocenters. The van der Waals surface area contributed by atoms with Crippen molar-refractivity contribution >= 4 is 22.4 Å². The summed E-state index contributed by atoms with van der Waals surface area (Å²) in [6.07, 6.45) is 2.89. The number of esters is 1. The van der Waals surface area contributed by atoms with Gasteiger partial charge in [-0.15, -0.1) is 0 Å². The van der Waals surface area contributed by atoms with E-state index >= 15 is 0 Å². The average Bonchev–Trinajstić information content (AvgIpc) is 2.81. The molecule has 2 atom stereocenters. The van der Waals surface area contributed by atoms with E-state index in [0.717, 1.165) is 36.1 Å². The van der Waals surface area contributed by atoms with Crippen LogP contribution in [0.5, 0.6) is 0 Å². The third kappa shape index (κ3) is 4.64. The van der Waals surface area contributed by atoms with Crippen LogP contribution in [0.1, 0.15) is 56.7 Å². The Labute approximate surface area is 180 Å². The Morgan fingerprint density at radius 1 is 1.13 bits per heavy atom. The predicted molar refractivity (Wildman–Crippen MR) is 122 cm³/mol. The fraction of sp³-hybridized carbons (Fsp3) is 0.435. The zero-order chi connectivity index (χ0) is 21.7. The molecule has 0 bridgehead atoms. The molecule has 0 saturated heterocycles. The first-order valence-corrected chi connectivity index (χ1v) is 12.0. The van der Waals surface area contributed by atoms with E-state index in [1.807, 2.05) is 49.4 Å². The lowest BCUT2D eigenvalue weighted by atomic mass is 9.95. The highest BCUT2D eigenvalue weighted by Gasteiger charge is 2.35. The van der Waals surface area contributed by atoms with Crippen LogP contribution in [0.2, 0.25) is 0 Å². The van der Waals surface area contributed by atoms with Gasteiger partial charge >= 0.3 is 5.97 Å². The lowest BCUT2D eigenvalue weighted by Crippen LogP contribution is -2.33. The SMILES string of the molecule is CCOC(=O)CCCC(CC)NC1c2ccccc2N(C)S(O)(O)c2ccccc21. The summed E-state index contributed by atoms with van der Waals surface area (Å²) in [6, 6.07) is 15.4. The van der Waals surface area contributed by atoms with Crippen LogP contribution in [0, 0.1) is 0 Å². The molecule has 0 amide bonds. The van der Waals surface area contributed by atoms with Gasteiger partial charge < -0.3 is 10.1 Å². The molecule has 164 valence electrons. The van der Waals surface area contributed by atoms with Gasteiger partial charge in [-0.25, -0.2) is 0 Å². The fourth-order valence-electron chi connectivity index (χ4n) is 3.99. The molecular weight excluding hydrogens is 400 g/mol. The van der Waals surface area contributed by atoms with Gasteiger partial charge in [0.1, 0.15) is 0 Å². The van der Waals surface area contributed by atoms with E-state index in [2.05, 4.69) is 12.2 Å². The van der Waals surface area contributed by atoms with Crippen LogP contribution in [0.15, 0.2) is 53.4 Å². The summed E-state index contributed by atoms with van der Waals surface area (Å²) in [6.45, 7) is 4.34. The smallest absolute Gasteiger partial charge is 0.305 e. The number of carbonyl (C=O) groups is 1. The predicted octanol–water partition coefficient (Wildman–Crippen LogP) is 5.35. The average molecular weight is 433 g/mol. The quantitative estimate of drug-likeness (QED) is 0.488. The van der Waals surface area contributed by atoms with Crippen LogP contribution in [-0.4, -0.2) is 34.8 Å². The highest BCUT2D eigenvalue weighted by atomic mass is 32.3. The van der Waals surface area contributed by atoms with E-state index in [9.17, 15) is 13.9 Å². The minimum Gasteiger partial charge on any atom is -0.466 e. The van der Waals surface area contributed by atoms with Crippen LogP contribution in [0.4, 0.5) is 5.69 Å². The number of hydrogen-bond acceptors (Lipinski definition) is 6. The summed E-state index contributed by atoms with van der Waals surface area (Å²) in [5.74, 6) is -0.159. The molecule has 0 radical (unpaired) electrons. The second-order valence-electron chi connectivity index (χ2n) is 7.52. The number of benzene rings is 2. The van der Waals surface area contributed by atoms with Gasteiger partial charge in [-0.1, -0.05) is 54.1 Å². The van der Waals surface area contributed by atoms with E-state index in [1.165, 1.54) is 0 Å².